The van der Waals surface area contributed by atoms with Crippen LogP contribution in [0.2, 0.25) is 0 Å². The fourth-order valence-corrected chi connectivity index (χ4v) is 1.55. The number of carboxylic acid groups (broad SMARTS) is 2. The van der Waals surface area contributed by atoms with Crippen molar-refractivity contribution >= 4 is 11.9 Å². The van der Waals surface area contributed by atoms with Gasteiger partial charge in [-0.15, -0.1) is 0 Å². The molecule has 0 bridgehead atoms. The Bertz CT molecular complexity index is 228. The van der Waals surface area contributed by atoms with E-state index in [1.165, 1.54) is 0 Å². The van der Waals surface area contributed by atoms with Crippen LogP contribution >= 0.6 is 0 Å². The zero-order valence-electron chi connectivity index (χ0n) is 9.03. The molecule has 0 saturated carbocycles. The van der Waals surface area contributed by atoms with Gasteiger partial charge < -0.3 is 19.5 Å². The number of nitrogens with zero attached hydrogens (tertiary/aromatic N) is 1. The zero-order valence-corrected chi connectivity index (χ0v) is 9.03. The molecule has 0 aliphatic carbocycles. The second kappa shape index (κ2) is 3.96. The number of aliphatic carboxylic acids is 2. The molecule has 0 fully saturated rings. The first-order valence-electron chi connectivity index (χ1n) is 4.46. The zero-order chi connectivity index (χ0) is 11.6. The summed E-state index contributed by atoms with van der Waals surface area (Å²) in [4.78, 5) is 22.1. The van der Waals surface area contributed by atoms with Gasteiger partial charge in [-0.3, -0.25) is 0 Å². The molecule has 1 unspecified atom stereocenters. The van der Waals surface area contributed by atoms with Gasteiger partial charge in [-0.1, -0.05) is 6.92 Å². The number of likely N-dealkylation sites (N-methyl/N-ethyl adjacent to an activating group) is 1. The highest BCUT2D eigenvalue weighted by Gasteiger charge is 2.51. The van der Waals surface area contributed by atoms with Crippen LogP contribution in [0.3, 0.4) is 0 Å². The molecular formula is C9H17NO4. The molecule has 0 saturated heterocycles. The highest BCUT2D eigenvalue weighted by molar-refractivity contribution is 6.00. The summed E-state index contributed by atoms with van der Waals surface area (Å²) in [6, 6.07) is 0. The van der Waals surface area contributed by atoms with Crippen LogP contribution in [0.4, 0.5) is 0 Å². The molecule has 0 aromatic heterocycles. The average molecular weight is 203 g/mol. The van der Waals surface area contributed by atoms with Crippen molar-refractivity contribution < 1.29 is 24.3 Å². The third-order valence-corrected chi connectivity index (χ3v) is 2.45. The molecule has 0 radical (unpaired) electrons. The van der Waals surface area contributed by atoms with E-state index < -0.39 is 17.5 Å². The summed E-state index contributed by atoms with van der Waals surface area (Å²) in [5.41, 5.74) is -1.85. The Morgan fingerprint density at radius 1 is 1.36 bits per heavy atom. The molecule has 0 heterocycles. The lowest BCUT2D eigenvalue weighted by atomic mass is 9.90. The van der Waals surface area contributed by atoms with Gasteiger partial charge in [-0.2, -0.15) is 0 Å². The maximum atomic E-state index is 11.1. The maximum absolute atomic E-state index is 11.1. The van der Waals surface area contributed by atoms with Crippen molar-refractivity contribution in [2.24, 2.45) is 0 Å². The fourth-order valence-electron chi connectivity index (χ4n) is 1.55. The molecule has 0 aliphatic heterocycles. The molecule has 1 atom stereocenters. The first-order valence-corrected chi connectivity index (χ1v) is 4.46. The Morgan fingerprint density at radius 3 is 1.86 bits per heavy atom. The second-order valence-electron chi connectivity index (χ2n) is 4.22. The number of carboxylic acids is 2. The fraction of sp³-hybridized carbons (Fsp3) is 0.778. The molecule has 14 heavy (non-hydrogen) atoms. The quantitative estimate of drug-likeness (QED) is 0.462. The second-order valence-corrected chi connectivity index (χ2v) is 4.22. The molecule has 0 aromatic rings. The SMILES string of the molecule is CCCC(C(=O)[O-])(C(=O)O)[N+](C)(C)C. The molecule has 5 nitrogen and oxygen atoms in total. The molecule has 5 heteroatoms. The van der Waals surface area contributed by atoms with Crippen molar-refractivity contribution in [3.05, 3.63) is 0 Å². The minimum Gasteiger partial charge on any atom is -0.543 e. The summed E-state index contributed by atoms with van der Waals surface area (Å²) in [7, 11) is 4.62. The maximum Gasteiger partial charge on any atom is 0.372 e. The standard InChI is InChI=1S/C9H17NO4/c1-5-6-9(7(11)12,8(13)14)10(2,3)4/h5-6H2,1-4H3,(H-,11,12,13,14). The predicted octanol–water partition coefficient (Wildman–Crippen LogP) is -0.934. The van der Waals surface area contributed by atoms with Crippen LogP contribution in [0.5, 0.6) is 0 Å². The van der Waals surface area contributed by atoms with Gasteiger partial charge in [0, 0.05) is 6.42 Å². The average Bonchev–Trinajstić information content (AvgIpc) is 1.95. The molecule has 1 N–H and O–H groups in total. The third-order valence-electron chi connectivity index (χ3n) is 2.45. The van der Waals surface area contributed by atoms with E-state index in [0.717, 1.165) is 0 Å². The van der Waals surface area contributed by atoms with Crippen molar-refractivity contribution in [1.82, 2.24) is 0 Å². The van der Waals surface area contributed by atoms with Gasteiger partial charge in [0.1, 0.15) is 5.97 Å². The molecule has 0 aliphatic rings. The van der Waals surface area contributed by atoms with Crippen LogP contribution in [0.25, 0.3) is 0 Å². The predicted molar refractivity (Wildman–Crippen MR) is 48.3 cm³/mol. The van der Waals surface area contributed by atoms with E-state index in [1.807, 2.05) is 0 Å². The van der Waals surface area contributed by atoms with Gasteiger partial charge in [0.05, 0.1) is 21.1 Å². The van der Waals surface area contributed by atoms with E-state index in [-0.39, 0.29) is 10.9 Å². The Morgan fingerprint density at radius 2 is 1.79 bits per heavy atom. The van der Waals surface area contributed by atoms with Crippen molar-refractivity contribution in [1.29, 1.82) is 0 Å². The van der Waals surface area contributed by atoms with Crippen LogP contribution in [-0.2, 0) is 9.59 Å². The highest BCUT2D eigenvalue weighted by atomic mass is 16.4. The van der Waals surface area contributed by atoms with Crippen molar-refractivity contribution in [3.63, 3.8) is 0 Å². The summed E-state index contributed by atoms with van der Waals surface area (Å²) in [6.45, 7) is 1.75. The summed E-state index contributed by atoms with van der Waals surface area (Å²) in [5, 5.41) is 20.0. The summed E-state index contributed by atoms with van der Waals surface area (Å²) < 4.78 is -0.182. The summed E-state index contributed by atoms with van der Waals surface area (Å²) in [5.74, 6) is -2.87. The van der Waals surface area contributed by atoms with E-state index in [4.69, 9.17) is 5.11 Å². The van der Waals surface area contributed by atoms with Gasteiger partial charge in [-0.05, 0) is 6.42 Å². The van der Waals surface area contributed by atoms with E-state index >= 15 is 0 Å². The first kappa shape index (κ1) is 12.9. The number of rotatable bonds is 5. The normalized spacial score (nSPS) is 16.0. The lowest BCUT2D eigenvalue weighted by Crippen LogP contribution is -2.70. The topological polar surface area (TPSA) is 77.4 Å². The monoisotopic (exact) mass is 203 g/mol. The lowest BCUT2D eigenvalue weighted by Gasteiger charge is -2.43. The third kappa shape index (κ3) is 1.87. The van der Waals surface area contributed by atoms with Crippen LogP contribution in [0.1, 0.15) is 19.8 Å². The molecule has 0 spiro atoms. The van der Waals surface area contributed by atoms with Crippen LogP contribution in [-0.4, -0.2) is 48.2 Å². The summed E-state index contributed by atoms with van der Waals surface area (Å²) >= 11 is 0. The Hall–Kier alpha value is -1.10. The molecule has 0 rings (SSSR count). The van der Waals surface area contributed by atoms with Gasteiger partial charge in [0.25, 0.3) is 0 Å². The molecule has 82 valence electrons. The number of carbonyl (C=O) groups excluding carboxylic acids is 1. The van der Waals surface area contributed by atoms with Gasteiger partial charge in [0.2, 0.25) is 5.54 Å². The highest BCUT2D eigenvalue weighted by Crippen LogP contribution is 2.24. The Labute approximate surface area is 83.5 Å². The molecule has 0 amide bonds. The number of carbonyl (C=O) groups is 2. The number of hydrogen-bond donors (Lipinski definition) is 1. The van der Waals surface area contributed by atoms with Crippen LogP contribution < -0.4 is 5.11 Å². The van der Waals surface area contributed by atoms with Crippen LogP contribution in [0.15, 0.2) is 0 Å². The number of hydrogen-bond acceptors (Lipinski definition) is 3. The van der Waals surface area contributed by atoms with Gasteiger partial charge >= 0.3 is 5.97 Å². The first-order chi connectivity index (χ1) is 6.20. The number of quaternary nitrogens is 1. The van der Waals surface area contributed by atoms with Crippen molar-refractivity contribution in [3.8, 4) is 0 Å². The van der Waals surface area contributed by atoms with Crippen molar-refractivity contribution in [2.45, 2.75) is 25.3 Å². The minimum atomic E-state index is -1.85. The Kier molecular flexibility index (Phi) is 3.65. The largest absolute Gasteiger partial charge is 0.543 e. The van der Waals surface area contributed by atoms with E-state index in [2.05, 4.69) is 0 Å². The smallest absolute Gasteiger partial charge is 0.372 e. The molecular weight excluding hydrogens is 186 g/mol. The molecule has 0 aromatic carbocycles. The lowest BCUT2D eigenvalue weighted by molar-refractivity contribution is -0.907. The minimum absolute atomic E-state index is 0.0637. The van der Waals surface area contributed by atoms with Crippen molar-refractivity contribution in [2.75, 3.05) is 21.1 Å². The van der Waals surface area contributed by atoms with E-state index in [9.17, 15) is 14.7 Å². The summed E-state index contributed by atoms with van der Waals surface area (Å²) in [6.07, 6.45) is 0.546. The van der Waals surface area contributed by atoms with E-state index in [1.54, 1.807) is 28.1 Å². The van der Waals surface area contributed by atoms with Gasteiger partial charge in [-0.25, -0.2) is 4.79 Å². The van der Waals surface area contributed by atoms with Gasteiger partial charge in [0.15, 0.2) is 0 Å². The Balaban J connectivity index is 5.39. The van der Waals surface area contributed by atoms with E-state index in [0.29, 0.717) is 6.42 Å². The van der Waals surface area contributed by atoms with Crippen LogP contribution in [0, 0.1) is 0 Å².